The maximum Gasteiger partial charge on any atom is 0.410 e. The molecule has 1 aliphatic heterocycles. The number of piperidine rings is 1. The number of fused-ring (bicyclic) bond motifs is 1. The van der Waals surface area contributed by atoms with Gasteiger partial charge >= 0.3 is 6.09 Å². The maximum atomic E-state index is 12.3. The molecule has 0 aliphatic carbocycles. The molecule has 5 rings (SSSR count). The van der Waals surface area contributed by atoms with Crippen LogP contribution in [-0.2, 0) is 4.74 Å². The van der Waals surface area contributed by atoms with Crippen LogP contribution in [0.2, 0.25) is 0 Å². The number of aromatic nitrogens is 4. The molecular formula is C27H30N6O2. The van der Waals surface area contributed by atoms with Gasteiger partial charge in [-0.2, -0.15) is 10.2 Å². The van der Waals surface area contributed by atoms with Gasteiger partial charge < -0.3 is 9.64 Å². The molecule has 1 aliphatic rings. The molecule has 8 nitrogen and oxygen atoms in total. The van der Waals surface area contributed by atoms with E-state index in [-0.39, 0.29) is 12.1 Å². The first kappa shape index (κ1) is 22.8. The molecule has 1 amide bonds. The molecule has 180 valence electrons. The van der Waals surface area contributed by atoms with Crippen LogP contribution in [0.25, 0.3) is 22.2 Å². The summed E-state index contributed by atoms with van der Waals surface area (Å²) in [4.78, 5) is 18.8. The molecule has 4 aromatic rings. The second-order valence-corrected chi connectivity index (χ2v) is 9.85. The number of rotatable bonds is 4. The topological polar surface area (TPSA) is 77.5 Å². The van der Waals surface area contributed by atoms with Gasteiger partial charge in [-0.05, 0) is 51.3 Å². The first-order valence-corrected chi connectivity index (χ1v) is 11.9. The van der Waals surface area contributed by atoms with Crippen LogP contribution in [0, 0.1) is 0 Å². The monoisotopic (exact) mass is 470 g/mol. The lowest BCUT2D eigenvalue weighted by Gasteiger charge is -2.33. The molecule has 0 radical (unpaired) electrons. The second-order valence-electron chi connectivity index (χ2n) is 9.85. The Kier molecular flexibility index (Phi) is 6.11. The van der Waals surface area contributed by atoms with Crippen molar-refractivity contribution in [2.75, 3.05) is 13.1 Å². The van der Waals surface area contributed by atoms with Crippen LogP contribution < -0.4 is 0 Å². The van der Waals surface area contributed by atoms with Gasteiger partial charge in [0.05, 0.1) is 29.5 Å². The summed E-state index contributed by atoms with van der Waals surface area (Å²) in [6.07, 6.45) is 11.0. The average molecular weight is 471 g/mol. The molecule has 1 fully saturated rings. The molecule has 0 unspecified atom stereocenters. The zero-order chi connectivity index (χ0) is 24.4. The number of hydrogen-bond acceptors (Lipinski definition) is 5. The third-order valence-corrected chi connectivity index (χ3v) is 6.07. The zero-order valence-electron chi connectivity index (χ0n) is 20.3. The molecule has 1 aromatic carbocycles. The SMILES string of the molecule is CC(C)(C)OC(=O)N1CCC(n2cc(-c3cnc4ccn(/N=C\c5ccccc5)c4c3)cn2)CC1. The lowest BCUT2D eigenvalue weighted by Crippen LogP contribution is -2.42. The lowest BCUT2D eigenvalue weighted by atomic mass is 10.1. The van der Waals surface area contributed by atoms with Gasteiger partial charge in [0.25, 0.3) is 0 Å². The Morgan fingerprint density at radius 1 is 1.09 bits per heavy atom. The van der Waals surface area contributed by atoms with Crippen LogP contribution in [0.3, 0.4) is 0 Å². The summed E-state index contributed by atoms with van der Waals surface area (Å²) in [6.45, 7) is 7.00. The normalized spacial score (nSPS) is 15.2. The molecular weight excluding hydrogens is 440 g/mol. The highest BCUT2D eigenvalue weighted by molar-refractivity contribution is 5.83. The zero-order valence-corrected chi connectivity index (χ0v) is 20.3. The Morgan fingerprint density at radius 3 is 2.60 bits per heavy atom. The number of likely N-dealkylation sites (tertiary alicyclic amines) is 1. The molecule has 0 N–H and O–H groups in total. The minimum atomic E-state index is -0.479. The fraction of sp³-hybridized carbons (Fsp3) is 0.333. The first-order valence-electron chi connectivity index (χ1n) is 11.9. The highest BCUT2D eigenvalue weighted by Gasteiger charge is 2.28. The largest absolute Gasteiger partial charge is 0.444 e. The Morgan fingerprint density at radius 2 is 1.86 bits per heavy atom. The van der Waals surface area contributed by atoms with E-state index in [1.165, 1.54) is 0 Å². The first-order chi connectivity index (χ1) is 16.9. The van der Waals surface area contributed by atoms with Crippen LogP contribution in [0.1, 0.15) is 45.2 Å². The fourth-order valence-electron chi connectivity index (χ4n) is 4.25. The number of carbonyl (C=O) groups excluding carboxylic acids is 1. The van der Waals surface area contributed by atoms with Crippen molar-refractivity contribution < 1.29 is 9.53 Å². The Balaban J connectivity index is 1.29. The van der Waals surface area contributed by atoms with Gasteiger partial charge in [-0.15, -0.1) is 0 Å². The van der Waals surface area contributed by atoms with E-state index in [4.69, 9.17) is 4.74 Å². The second kappa shape index (κ2) is 9.37. The van der Waals surface area contributed by atoms with Gasteiger partial charge in [0.2, 0.25) is 0 Å². The predicted octanol–water partition coefficient (Wildman–Crippen LogP) is 5.35. The number of benzene rings is 1. The number of pyridine rings is 1. The van der Waals surface area contributed by atoms with E-state index in [1.807, 2.05) is 91.3 Å². The van der Waals surface area contributed by atoms with Gasteiger partial charge in [-0.1, -0.05) is 30.3 Å². The Labute approximate surface area is 204 Å². The third kappa shape index (κ3) is 5.26. The van der Waals surface area contributed by atoms with Gasteiger partial charge in [0.1, 0.15) is 5.60 Å². The van der Waals surface area contributed by atoms with Crippen LogP contribution in [-0.4, -0.2) is 55.3 Å². The molecule has 4 heterocycles. The van der Waals surface area contributed by atoms with Crippen molar-refractivity contribution in [2.45, 2.75) is 45.3 Å². The summed E-state index contributed by atoms with van der Waals surface area (Å²) in [7, 11) is 0. The fourth-order valence-corrected chi connectivity index (χ4v) is 4.25. The van der Waals surface area contributed by atoms with E-state index >= 15 is 0 Å². The van der Waals surface area contributed by atoms with E-state index in [9.17, 15) is 4.79 Å². The summed E-state index contributed by atoms with van der Waals surface area (Å²) in [5.41, 5.74) is 4.39. The predicted molar refractivity (Wildman–Crippen MR) is 136 cm³/mol. The van der Waals surface area contributed by atoms with E-state index in [0.717, 1.165) is 40.6 Å². The van der Waals surface area contributed by atoms with Crippen LogP contribution in [0.4, 0.5) is 4.79 Å². The number of carbonyl (C=O) groups is 1. The quantitative estimate of drug-likeness (QED) is 0.377. The highest BCUT2D eigenvalue weighted by Crippen LogP contribution is 2.27. The van der Waals surface area contributed by atoms with Crippen molar-refractivity contribution in [1.29, 1.82) is 0 Å². The summed E-state index contributed by atoms with van der Waals surface area (Å²) in [6, 6.07) is 14.3. The summed E-state index contributed by atoms with van der Waals surface area (Å²) in [5, 5.41) is 9.24. The molecule has 35 heavy (non-hydrogen) atoms. The minimum Gasteiger partial charge on any atom is -0.444 e. The van der Waals surface area contributed by atoms with E-state index in [1.54, 1.807) is 4.90 Å². The molecule has 1 saturated heterocycles. The lowest BCUT2D eigenvalue weighted by molar-refractivity contribution is 0.0185. The smallest absolute Gasteiger partial charge is 0.410 e. The van der Waals surface area contributed by atoms with E-state index < -0.39 is 5.60 Å². The molecule has 0 saturated carbocycles. The van der Waals surface area contributed by atoms with Gasteiger partial charge in [-0.3, -0.25) is 9.67 Å². The number of hydrogen-bond donors (Lipinski definition) is 0. The van der Waals surface area contributed by atoms with Gasteiger partial charge in [-0.25, -0.2) is 9.47 Å². The Hall–Kier alpha value is -3.94. The molecule has 8 heteroatoms. The van der Waals surface area contributed by atoms with Crippen molar-refractivity contribution in [2.24, 2.45) is 5.10 Å². The number of amides is 1. The summed E-state index contributed by atoms with van der Waals surface area (Å²) in [5.74, 6) is 0. The highest BCUT2D eigenvalue weighted by atomic mass is 16.6. The third-order valence-electron chi connectivity index (χ3n) is 6.07. The standard InChI is InChI=1S/C27H30N6O2/c1-27(2,3)35-26(34)31-12-9-23(10-13-31)33-19-22(18-30-33)21-15-25-24(28-17-21)11-14-32(25)29-16-20-7-5-4-6-8-20/h4-8,11,14-19,23H,9-10,12-13H2,1-3H3/b29-16-. The van der Waals surface area contributed by atoms with Gasteiger partial charge in [0, 0.05) is 42.8 Å². The minimum absolute atomic E-state index is 0.241. The molecule has 0 bridgehead atoms. The van der Waals surface area contributed by atoms with Gasteiger partial charge in [0.15, 0.2) is 0 Å². The van der Waals surface area contributed by atoms with Crippen LogP contribution in [0.15, 0.2) is 72.4 Å². The number of ether oxygens (including phenoxy) is 1. The molecule has 0 atom stereocenters. The average Bonchev–Trinajstić information content (AvgIpc) is 3.50. The summed E-state index contributed by atoms with van der Waals surface area (Å²) >= 11 is 0. The van der Waals surface area contributed by atoms with E-state index in [0.29, 0.717) is 13.1 Å². The van der Waals surface area contributed by atoms with Crippen LogP contribution >= 0.6 is 0 Å². The maximum absolute atomic E-state index is 12.3. The Bertz CT molecular complexity index is 1340. The van der Waals surface area contributed by atoms with Crippen molar-refractivity contribution in [3.8, 4) is 11.1 Å². The van der Waals surface area contributed by atoms with Crippen molar-refractivity contribution in [3.05, 3.63) is 72.8 Å². The van der Waals surface area contributed by atoms with Crippen molar-refractivity contribution in [1.82, 2.24) is 24.3 Å². The number of nitrogens with zero attached hydrogens (tertiary/aromatic N) is 6. The van der Waals surface area contributed by atoms with E-state index in [2.05, 4.69) is 27.4 Å². The van der Waals surface area contributed by atoms with Crippen molar-refractivity contribution in [3.63, 3.8) is 0 Å². The molecule has 0 spiro atoms. The van der Waals surface area contributed by atoms with Crippen LogP contribution in [0.5, 0.6) is 0 Å². The summed E-state index contributed by atoms with van der Waals surface area (Å²) < 4.78 is 9.36. The molecule has 3 aromatic heterocycles. The van der Waals surface area contributed by atoms with Crippen molar-refractivity contribution >= 4 is 23.3 Å².